The van der Waals surface area contributed by atoms with Crippen LogP contribution in [0, 0.1) is 11.3 Å². The smallest absolute Gasteiger partial charge is 0.151 e. The van der Waals surface area contributed by atoms with Crippen LogP contribution >= 0.6 is 0 Å². The van der Waals surface area contributed by atoms with Gasteiger partial charge in [-0.3, -0.25) is 0 Å². The fourth-order valence-electron chi connectivity index (χ4n) is 4.69. The van der Waals surface area contributed by atoms with Gasteiger partial charge in [-0.25, -0.2) is 9.67 Å². The molecule has 0 radical (unpaired) electrons. The Balaban J connectivity index is 1.52. The van der Waals surface area contributed by atoms with E-state index < -0.39 is 0 Å². The third kappa shape index (κ3) is 3.68. The summed E-state index contributed by atoms with van der Waals surface area (Å²) in [6, 6.07) is 26.4. The SMILES string of the molecule is CC1Cc2cc(-c3nn(-c4ccccc4)cc3/C=C(\C#N)c3nc4ccccc4n3C)ccc2O1. The van der Waals surface area contributed by atoms with Gasteiger partial charge in [-0.15, -0.1) is 0 Å². The van der Waals surface area contributed by atoms with E-state index in [2.05, 4.69) is 19.1 Å². The lowest BCUT2D eigenvalue weighted by atomic mass is 10.0. The molecule has 5 aromatic rings. The molecule has 0 aliphatic carbocycles. The molecule has 170 valence electrons. The number of aryl methyl sites for hydroxylation is 1. The van der Waals surface area contributed by atoms with Crippen LogP contribution in [0.4, 0.5) is 0 Å². The Morgan fingerprint density at radius 1 is 1.09 bits per heavy atom. The van der Waals surface area contributed by atoms with Crippen LogP contribution in [-0.4, -0.2) is 25.4 Å². The molecule has 3 heterocycles. The normalized spacial score (nSPS) is 15.1. The molecule has 1 atom stereocenters. The number of hydrogen-bond donors (Lipinski definition) is 0. The summed E-state index contributed by atoms with van der Waals surface area (Å²) in [5, 5.41) is 15.1. The fourth-order valence-corrected chi connectivity index (χ4v) is 4.69. The van der Waals surface area contributed by atoms with Crippen molar-refractivity contribution in [3.8, 4) is 28.8 Å². The summed E-state index contributed by atoms with van der Waals surface area (Å²) < 4.78 is 9.71. The first-order chi connectivity index (χ1) is 17.1. The number of aromatic nitrogens is 4. The number of hydrogen-bond acceptors (Lipinski definition) is 4. The summed E-state index contributed by atoms with van der Waals surface area (Å²) in [7, 11) is 1.94. The minimum absolute atomic E-state index is 0.171. The highest BCUT2D eigenvalue weighted by Crippen LogP contribution is 2.35. The van der Waals surface area contributed by atoms with Crippen molar-refractivity contribution in [3.63, 3.8) is 0 Å². The number of nitrogens with zero attached hydrogens (tertiary/aromatic N) is 5. The molecule has 0 spiro atoms. The first-order valence-corrected chi connectivity index (χ1v) is 11.6. The van der Waals surface area contributed by atoms with Crippen molar-refractivity contribution < 1.29 is 4.74 Å². The molecule has 0 saturated heterocycles. The maximum Gasteiger partial charge on any atom is 0.151 e. The molecule has 0 fully saturated rings. The van der Waals surface area contributed by atoms with Crippen molar-refractivity contribution in [2.24, 2.45) is 7.05 Å². The zero-order chi connectivity index (χ0) is 23.9. The summed E-state index contributed by atoms with van der Waals surface area (Å²) in [5.74, 6) is 1.56. The molecule has 6 rings (SSSR count). The maximum absolute atomic E-state index is 10.1. The molecule has 3 aromatic carbocycles. The highest BCUT2D eigenvalue weighted by molar-refractivity contribution is 5.93. The van der Waals surface area contributed by atoms with Crippen LogP contribution in [0.25, 0.3) is 39.6 Å². The average Bonchev–Trinajstić information content (AvgIpc) is 3.57. The summed E-state index contributed by atoms with van der Waals surface area (Å²) in [6.45, 7) is 2.08. The van der Waals surface area contributed by atoms with Gasteiger partial charge >= 0.3 is 0 Å². The Morgan fingerprint density at radius 3 is 2.69 bits per heavy atom. The van der Waals surface area contributed by atoms with Crippen molar-refractivity contribution in [3.05, 3.63) is 95.9 Å². The van der Waals surface area contributed by atoms with Gasteiger partial charge in [0.25, 0.3) is 0 Å². The van der Waals surface area contributed by atoms with E-state index in [1.807, 2.05) is 95.3 Å². The standard InChI is InChI=1S/C29H23N5O/c1-19-14-21-15-20(12-13-27(21)35-19)28-23(18-34(32-28)24-8-4-3-5-9-24)16-22(17-30)29-31-25-10-6-7-11-26(25)33(29)2/h3-13,15-16,18-19H,14H2,1-2H3/b22-16+. The van der Waals surface area contributed by atoms with Crippen molar-refractivity contribution in [2.45, 2.75) is 19.4 Å². The van der Waals surface area contributed by atoms with Crippen LogP contribution in [0.1, 0.15) is 23.9 Å². The third-order valence-electron chi connectivity index (χ3n) is 6.38. The molecule has 1 aliphatic heterocycles. The van der Waals surface area contributed by atoms with E-state index in [-0.39, 0.29) is 6.10 Å². The second kappa shape index (κ2) is 8.30. The zero-order valence-electron chi connectivity index (χ0n) is 19.5. The predicted molar refractivity (Wildman–Crippen MR) is 137 cm³/mol. The molecule has 2 aromatic heterocycles. The van der Waals surface area contributed by atoms with Gasteiger partial charge in [0.1, 0.15) is 23.6 Å². The summed E-state index contributed by atoms with van der Waals surface area (Å²) in [5.41, 5.74) is 7.10. The molecule has 1 unspecified atom stereocenters. The molecule has 6 heteroatoms. The summed E-state index contributed by atoms with van der Waals surface area (Å²) >= 11 is 0. The van der Waals surface area contributed by atoms with Crippen molar-refractivity contribution in [2.75, 3.05) is 0 Å². The maximum atomic E-state index is 10.1. The molecule has 0 amide bonds. The van der Waals surface area contributed by atoms with E-state index in [0.29, 0.717) is 11.4 Å². The zero-order valence-corrected chi connectivity index (χ0v) is 19.5. The lowest BCUT2D eigenvalue weighted by molar-refractivity contribution is 0.254. The number of fused-ring (bicyclic) bond motifs is 2. The van der Waals surface area contributed by atoms with Crippen LogP contribution in [-0.2, 0) is 13.5 Å². The third-order valence-corrected chi connectivity index (χ3v) is 6.38. The molecule has 6 nitrogen and oxygen atoms in total. The van der Waals surface area contributed by atoms with Crippen molar-refractivity contribution in [1.82, 2.24) is 19.3 Å². The molecule has 0 saturated carbocycles. The predicted octanol–water partition coefficient (Wildman–Crippen LogP) is 5.81. The first-order valence-electron chi connectivity index (χ1n) is 11.6. The largest absolute Gasteiger partial charge is 0.490 e. The Hall–Kier alpha value is -4.63. The Morgan fingerprint density at radius 2 is 1.89 bits per heavy atom. The Bertz CT molecular complexity index is 1640. The van der Waals surface area contributed by atoms with Crippen LogP contribution in [0.3, 0.4) is 0 Å². The lowest BCUT2D eigenvalue weighted by Gasteiger charge is -2.04. The van der Waals surface area contributed by atoms with Crippen LogP contribution < -0.4 is 4.74 Å². The first kappa shape index (κ1) is 20.9. The molecule has 0 N–H and O–H groups in total. The highest BCUT2D eigenvalue weighted by atomic mass is 16.5. The van der Waals surface area contributed by atoms with E-state index in [0.717, 1.165) is 45.7 Å². The summed E-state index contributed by atoms with van der Waals surface area (Å²) in [6.07, 6.45) is 4.90. The number of rotatable bonds is 4. The monoisotopic (exact) mass is 457 g/mol. The van der Waals surface area contributed by atoms with Gasteiger partial charge in [0.05, 0.1) is 22.3 Å². The number of allylic oxidation sites excluding steroid dienone is 1. The van der Waals surface area contributed by atoms with E-state index in [1.165, 1.54) is 5.56 Å². The minimum Gasteiger partial charge on any atom is -0.490 e. The number of benzene rings is 3. The minimum atomic E-state index is 0.171. The van der Waals surface area contributed by atoms with E-state index in [4.69, 9.17) is 14.8 Å². The average molecular weight is 458 g/mol. The van der Waals surface area contributed by atoms with Gasteiger partial charge in [-0.2, -0.15) is 10.4 Å². The van der Waals surface area contributed by atoms with Crippen molar-refractivity contribution >= 4 is 22.7 Å². The molecule has 1 aliphatic rings. The lowest BCUT2D eigenvalue weighted by Crippen LogP contribution is -2.05. The molecular formula is C29H23N5O. The number of para-hydroxylation sites is 3. The van der Waals surface area contributed by atoms with Gasteiger partial charge in [0, 0.05) is 30.8 Å². The second-order valence-corrected chi connectivity index (χ2v) is 8.82. The molecular weight excluding hydrogens is 434 g/mol. The van der Waals surface area contributed by atoms with Gasteiger partial charge in [-0.05, 0) is 61.0 Å². The van der Waals surface area contributed by atoms with Gasteiger partial charge in [-0.1, -0.05) is 30.3 Å². The number of nitriles is 1. The van der Waals surface area contributed by atoms with E-state index in [1.54, 1.807) is 0 Å². The van der Waals surface area contributed by atoms with Gasteiger partial charge in [0.2, 0.25) is 0 Å². The fraction of sp³-hybridized carbons (Fsp3) is 0.138. The Labute approximate surface area is 203 Å². The Kier molecular flexibility index (Phi) is 4.97. The van der Waals surface area contributed by atoms with E-state index in [9.17, 15) is 5.26 Å². The number of ether oxygens (including phenoxy) is 1. The van der Waals surface area contributed by atoms with Crippen molar-refractivity contribution in [1.29, 1.82) is 5.26 Å². The topological polar surface area (TPSA) is 68.7 Å². The molecule has 0 bridgehead atoms. The number of imidazole rings is 1. The second-order valence-electron chi connectivity index (χ2n) is 8.82. The van der Waals surface area contributed by atoms with E-state index >= 15 is 0 Å². The van der Waals surface area contributed by atoms with Crippen LogP contribution in [0.2, 0.25) is 0 Å². The van der Waals surface area contributed by atoms with Gasteiger partial charge in [0.15, 0.2) is 5.82 Å². The quantitative estimate of drug-likeness (QED) is 0.319. The van der Waals surface area contributed by atoms with Crippen LogP contribution in [0.5, 0.6) is 5.75 Å². The highest BCUT2D eigenvalue weighted by Gasteiger charge is 2.21. The summed E-state index contributed by atoms with van der Waals surface area (Å²) in [4.78, 5) is 4.73. The van der Waals surface area contributed by atoms with Gasteiger partial charge < -0.3 is 9.30 Å². The molecule has 35 heavy (non-hydrogen) atoms. The van der Waals surface area contributed by atoms with Crippen LogP contribution in [0.15, 0.2) is 79.0 Å².